The van der Waals surface area contributed by atoms with E-state index < -0.39 is 6.64 Å². The molecule has 0 radical (unpaired) electrons. The van der Waals surface area contributed by atoms with Crippen LogP contribution in [0.4, 0.5) is 0 Å². The third kappa shape index (κ3) is 4.31. The van der Waals surface area contributed by atoms with Gasteiger partial charge in [0.1, 0.15) is 4.38 Å². The maximum absolute atomic E-state index is 5.49. The van der Waals surface area contributed by atoms with E-state index in [1.807, 2.05) is 13.8 Å². The van der Waals surface area contributed by atoms with E-state index in [1.54, 1.807) is 23.5 Å². The maximum atomic E-state index is 5.49. The smallest absolute Gasteiger partial charge is 0.310 e. The molecule has 7 heteroatoms. The second-order valence-corrected chi connectivity index (χ2v) is 9.34. The summed E-state index contributed by atoms with van der Waals surface area (Å²) in [6, 6.07) is 0. The van der Waals surface area contributed by atoms with Gasteiger partial charge in [-0.3, -0.25) is 0 Å². The lowest BCUT2D eigenvalue weighted by Crippen LogP contribution is -2.04. The Morgan fingerprint density at radius 3 is 2.00 bits per heavy atom. The molecule has 1 aliphatic rings. The fraction of sp³-hybridized carbons (Fsp3) is 0.889. The van der Waals surface area contributed by atoms with Crippen LogP contribution in [-0.2, 0) is 20.9 Å². The molecule has 3 nitrogen and oxygen atoms in total. The van der Waals surface area contributed by atoms with E-state index in [4.69, 9.17) is 20.9 Å². The quantitative estimate of drug-likeness (QED) is 0.719. The zero-order valence-corrected chi connectivity index (χ0v) is 13.3. The summed E-state index contributed by atoms with van der Waals surface area (Å²) in [6.45, 7) is 6.90. The third-order valence-corrected chi connectivity index (χ3v) is 7.68. The van der Waals surface area contributed by atoms with Crippen LogP contribution in [0.1, 0.15) is 27.7 Å². The SMILES string of the molecule is CCOP(=S)(N=C1SC(C)C(C)S1)OCC. The van der Waals surface area contributed by atoms with Crippen molar-refractivity contribution in [1.82, 2.24) is 0 Å². The molecule has 2 atom stereocenters. The third-order valence-electron chi connectivity index (χ3n) is 2.02. The molecule has 0 amide bonds. The molecule has 0 N–H and O–H groups in total. The molecule has 16 heavy (non-hydrogen) atoms. The molecule has 0 aliphatic carbocycles. The number of hydrogen-bond donors (Lipinski definition) is 0. The molecule has 1 saturated heterocycles. The molecule has 2 unspecified atom stereocenters. The lowest BCUT2D eigenvalue weighted by Gasteiger charge is -2.16. The summed E-state index contributed by atoms with van der Waals surface area (Å²) in [5, 5.41) is 1.16. The Kier molecular flexibility index (Phi) is 6.34. The Morgan fingerprint density at radius 1 is 1.19 bits per heavy atom. The van der Waals surface area contributed by atoms with Gasteiger partial charge >= 0.3 is 6.64 Å². The van der Waals surface area contributed by atoms with Gasteiger partial charge in [-0.1, -0.05) is 37.4 Å². The molecular weight excluding hydrogens is 281 g/mol. The Balaban J connectivity index is 2.75. The molecule has 1 aliphatic heterocycles. The van der Waals surface area contributed by atoms with Crippen molar-refractivity contribution in [3.8, 4) is 0 Å². The van der Waals surface area contributed by atoms with Crippen LogP contribution < -0.4 is 0 Å². The summed E-state index contributed by atoms with van der Waals surface area (Å²) in [6.07, 6.45) is 0. The van der Waals surface area contributed by atoms with Gasteiger partial charge in [0.15, 0.2) is 0 Å². The van der Waals surface area contributed by atoms with Gasteiger partial charge < -0.3 is 9.05 Å². The van der Waals surface area contributed by atoms with Crippen molar-refractivity contribution in [2.75, 3.05) is 13.2 Å². The monoisotopic (exact) mass is 299 g/mol. The van der Waals surface area contributed by atoms with E-state index in [9.17, 15) is 0 Å². The fourth-order valence-corrected chi connectivity index (χ4v) is 6.84. The molecule has 1 rings (SSSR count). The van der Waals surface area contributed by atoms with Crippen LogP contribution in [0.25, 0.3) is 0 Å². The van der Waals surface area contributed by atoms with Gasteiger partial charge in [-0.05, 0) is 25.7 Å². The predicted molar refractivity (Wildman–Crippen MR) is 79.1 cm³/mol. The number of nitrogens with zero attached hydrogens (tertiary/aromatic N) is 1. The van der Waals surface area contributed by atoms with Crippen LogP contribution in [0.5, 0.6) is 0 Å². The number of rotatable bonds is 5. The highest BCUT2D eigenvalue weighted by Crippen LogP contribution is 2.53. The molecule has 1 heterocycles. The highest BCUT2D eigenvalue weighted by atomic mass is 32.5. The first-order chi connectivity index (χ1) is 7.50. The van der Waals surface area contributed by atoms with Gasteiger partial charge in [-0.25, -0.2) is 0 Å². The van der Waals surface area contributed by atoms with Crippen LogP contribution >= 0.6 is 30.2 Å². The van der Waals surface area contributed by atoms with Crippen LogP contribution in [0.15, 0.2) is 4.76 Å². The zero-order valence-electron chi connectivity index (χ0n) is 10.0. The predicted octanol–water partition coefficient (Wildman–Crippen LogP) is 3.90. The lowest BCUT2D eigenvalue weighted by atomic mass is 10.4. The number of hydrogen-bond acceptors (Lipinski definition) is 5. The molecule has 0 aromatic heterocycles. The summed E-state index contributed by atoms with van der Waals surface area (Å²) in [7, 11) is 0. The highest BCUT2D eigenvalue weighted by Gasteiger charge is 2.29. The van der Waals surface area contributed by atoms with Gasteiger partial charge in [0, 0.05) is 10.5 Å². The first kappa shape index (κ1) is 15.0. The average Bonchev–Trinajstić information content (AvgIpc) is 2.45. The molecule has 0 aromatic rings. The summed E-state index contributed by atoms with van der Waals surface area (Å²) in [4.78, 5) is 0. The summed E-state index contributed by atoms with van der Waals surface area (Å²) >= 11 is 8.90. The van der Waals surface area contributed by atoms with E-state index >= 15 is 0 Å². The Hall–Kier alpha value is 0.940. The first-order valence-corrected chi connectivity index (χ1v) is 9.68. The van der Waals surface area contributed by atoms with E-state index in [-0.39, 0.29) is 0 Å². The van der Waals surface area contributed by atoms with Gasteiger partial charge in [0.05, 0.1) is 13.2 Å². The molecule has 0 bridgehead atoms. The standard InChI is InChI=1S/C9H18NO2PS3/c1-5-11-13(14,12-6-2)10-9-15-7(3)8(4)16-9/h7-8H,5-6H2,1-4H3. The molecule has 0 spiro atoms. The van der Waals surface area contributed by atoms with Crippen molar-refractivity contribution in [2.24, 2.45) is 4.76 Å². The summed E-state index contributed by atoms with van der Waals surface area (Å²) in [5.74, 6) is 0. The van der Waals surface area contributed by atoms with E-state index in [0.717, 1.165) is 4.38 Å². The van der Waals surface area contributed by atoms with Crippen LogP contribution in [0.2, 0.25) is 0 Å². The van der Waals surface area contributed by atoms with Crippen LogP contribution in [0.3, 0.4) is 0 Å². The molecule has 0 saturated carbocycles. The molecule has 94 valence electrons. The van der Waals surface area contributed by atoms with Crippen molar-refractivity contribution in [1.29, 1.82) is 0 Å². The van der Waals surface area contributed by atoms with Crippen LogP contribution in [-0.4, -0.2) is 28.1 Å². The van der Waals surface area contributed by atoms with Crippen molar-refractivity contribution in [3.63, 3.8) is 0 Å². The first-order valence-electron chi connectivity index (χ1n) is 5.33. The topological polar surface area (TPSA) is 30.8 Å². The van der Waals surface area contributed by atoms with E-state index in [0.29, 0.717) is 23.7 Å². The fourth-order valence-electron chi connectivity index (χ4n) is 1.11. The molecule has 1 fully saturated rings. The zero-order chi connectivity index (χ0) is 12.2. The summed E-state index contributed by atoms with van der Waals surface area (Å²) < 4.78 is 16.5. The van der Waals surface area contributed by atoms with Crippen molar-refractivity contribution in [3.05, 3.63) is 0 Å². The largest absolute Gasteiger partial charge is 0.313 e. The van der Waals surface area contributed by atoms with Gasteiger partial charge in [-0.2, -0.15) is 4.76 Å². The lowest BCUT2D eigenvalue weighted by molar-refractivity contribution is 0.268. The minimum atomic E-state index is -2.44. The average molecular weight is 299 g/mol. The molecular formula is C9H18NO2PS3. The van der Waals surface area contributed by atoms with E-state index in [2.05, 4.69) is 18.6 Å². The Morgan fingerprint density at radius 2 is 1.62 bits per heavy atom. The van der Waals surface area contributed by atoms with Gasteiger partial charge in [-0.15, -0.1) is 0 Å². The van der Waals surface area contributed by atoms with Crippen LogP contribution in [0, 0.1) is 0 Å². The van der Waals surface area contributed by atoms with Crippen molar-refractivity contribution < 1.29 is 9.05 Å². The van der Waals surface area contributed by atoms with Crippen molar-refractivity contribution >= 4 is 46.3 Å². The van der Waals surface area contributed by atoms with E-state index in [1.165, 1.54) is 0 Å². The van der Waals surface area contributed by atoms with Gasteiger partial charge in [0.25, 0.3) is 0 Å². The minimum Gasteiger partial charge on any atom is -0.313 e. The molecule has 0 aromatic carbocycles. The second kappa shape index (κ2) is 6.76. The Labute approximate surface area is 111 Å². The second-order valence-electron chi connectivity index (χ2n) is 3.32. The highest BCUT2D eigenvalue weighted by molar-refractivity contribution is 8.42. The maximum Gasteiger partial charge on any atom is 0.310 e. The van der Waals surface area contributed by atoms with Crippen molar-refractivity contribution in [2.45, 2.75) is 38.2 Å². The number of thioether (sulfide) groups is 2. The normalized spacial score (nSPS) is 26.1. The van der Waals surface area contributed by atoms with Gasteiger partial charge in [0.2, 0.25) is 0 Å². The minimum absolute atomic E-state index is 0.550. The summed E-state index contributed by atoms with van der Waals surface area (Å²) in [5.41, 5.74) is 0. The Bertz CT molecular complexity index is 289.